The molecule has 0 radical (unpaired) electrons. The zero-order chi connectivity index (χ0) is 32.1. The maximum Gasteiger partial charge on any atom is 0.227 e. The Morgan fingerprint density at radius 2 is 1.49 bits per heavy atom. The third kappa shape index (κ3) is 3.15. The average Bonchev–Trinajstić information content (AvgIpc) is 3.59. The number of pyridine rings is 1. The van der Waals surface area contributed by atoms with Crippen LogP contribution in [-0.2, 0) is 0 Å². The number of para-hydroxylation sites is 1. The molecule has 0 aliphatic rings. The quantitative estimate of drug-likeness (QED) is 0.268. The zero-order valence-electron chi connectivity index (χ0n) is 28.4. The third-order valence-electron chi connectivity index (χ3n) is 5.96. The lowest BCUT2D eigenvalue weighted by molar-refractivity contribution is 0.653. The van der Waals surface area contributed by atoms with Crippen molar-refractivity contribution in [2.75, 3.05) is 0 Å². The molecule has 3 heterocycles. The van der Waals surface area contributed by atoms with Crippen LogP contribution in [0.2, 0.25) is 0 Å². The van der Waals surface area contributed by atoms with E-state index in [0.29, 0.717) is 22.3 Å². The van der Waals surface area contributed by atoms with E-state index in [4.69, 9.17) is 18.1 Å². The van der Waals surface area contributed by atoms with E-state index < -0.39 is 60.4 Å². The summed E-state index contributed by atoms with van der Waals surface area (Å²) in [6, 6.07) is 7.02. The van der Waals surface area contributed by atoms with Crippen molar-refractivity contribution in [1.29, 1.82) is 0 Å². The van der Waals surface area contributed by atoms with Crippen molar-refractivity contribution >= 4 is 33.1 Å². The molecule has 4 nitrogen and oxygen atoms in total. The Morgan fingerprint density at radius 3 is 2.17 bits per heavy atom. The van der Waals surface area contributed by atoms with Gasteiger partial charge in [-0.15, -0.1) is 0 Å². The Kier molecular flexibility index (Phi) is 2.66. The van der Waals surface area contributed by atoms with Crippen LogP contribution in [0.1, 0.15) is 19.4 Å². The number of fused-ring (bicyclic) bond motifs is 4. The first-order valence-corrected chi connectivity index (χ1v) is 10.9. The molecule has 0 aliphatic carbocycles. The van der Waals surface area contributed by atoms with E-state index in [-0.39, 0.29) is 27.9 Å². The van der Waals surface area contributed by atoms with Crippen LogP contribution in [0.15, 0.2) is 114 Å². The number of nitrogens with zero attached hydrogens (tertiary/aromatic N) is 3. The van der Waals surface area contributed by atoms with Gasteiger partial charge in [-0.1, -0.05) is 78.6 Å². The van der Waals surface area contributed by atoms with Gasteiger partial charge in [-0.05, 0) is 36.2 Å². The molecule has 166 valence electrons. The van der Waals surface area contributed by atoms with Crippen LogP contribution in [0.3, 0.4) is 0 Å². The van der Waals surface area contributed by atoms with Crippen LogP contribution < -0.4 is 0 Å². The molecule has 0 saturated carbocycles. The van der Waals surface area contributed by atoms with Crippen molar-refractivity contribution in [1.82, 2.24) is 14.5 Å². The van der Waals surface area contributed by atoms with Gasteiger partial charge in [-0.25, -0.2) is 9.97 Å². The van der Waals surface area contributed by atoms with Crippen LogP contribution in [0.25, 0.3) is 61.0 Å². The Bertz CT molecular complexity index is 2270. The molecule has 0 N–H and O–H groups in total. The minimum Gasteiger partial charge on any atom is -0.438 e. The molecule has 0 spiro atoms. The lowest BCUT2D eigenvalue weighted by Crippen LogP contribution is -1.99. The van der Waals surface area contributed by atoms with Gasteiger partial charge in [0.05, 0.1) is 30.4 Å². The highest BCUT2D eigenvalue weighted by atomic mass is 16.3. The van der Waals surface area contributed by atoms with Crippen molar-refractivity contribution in [3.05, 3.63) is 115 Å². The third-order valence-corrected chi connectivity index (χ3v) is 5.96. The fourth-order valence-corrected chi connectivity index (χ4v) is 4.40. The minimum absolute atomic E-state index is 0.110. The minimum atomic E-state index is -0.553. The Hall–Kier alpha value is -4.70. The molecule has 0 atom stereocenters. The number of aromatic nitrogens is 3. The van der Waals surface area contributed by atoms with Crippen LogP contribution in [0, 0.1) is 6.92 Å². The summed E-state index contributed by atoms with van der Waals surface area (Å²) in [5.41, 5.74) is 3.19. The molecule has 4 aromatic carbocycles. The highest BCUT2D eigenvalue weighted by Crippen LogP contribution is 2.38. The Morgan fingerprint density at radius 1 is 0.800 bits per heavy atom. The SMILES string of the molecule is [2H]c1c([2H])c([2H])c(-c2cccc(-c3c([2H])c([2H])c([2H])c([2H])c3[2H])c2-n2cnc3cc4oc5nc(C)ccc5c4cc32)c([2H])c1[2H]. The molecule has 7 aromatic rings. The molecule has 3 aromatic heterocycles. The molecule has 7 rings (SSSR count). The van der Waals surface area contributed by atoms with E-state index in [1.165, 1.54) is 6.33 Å². The van der Waals surface area contributed by atoms with Crippen LogP contribution in [0.5, 0.6) is 0 Å². The van der Waals surface area contributed by atoms with Crippen molar-refractivity contribution in [3.8, 4) is 27.9 Å². The van der Waals surface area contributed by atoms with Crippen LogP contribution in [0.4, 0.5) is 0 Å². The van der Waals surface area contributed by atoms with Crippen molar-refractivity contribution in [2.45, 2.75) is 6.92 Å². The van der Waals surface area contributed by atoms with Gasteiger partial charge in [0, 0.05) is 33.7 Å². The smallest absolute Gasteiger partial charge is 0.227 e. The highest BCUT2D eigenvalue weighted by Gasteiger charge is 2.18. The number of furan rings is 1. The molecule has 0 fully saturated rings. The van der Waals surface area contributed by atoms with E-state index in [9.17, 15) is 0 Å². The Balaban J connectivity index is 1.65. The van der Waals surface area contributed by atoms with Crippen LogP contribution >= 0.6 is 0 Å². The highest BCUT2D eigenvalue weighted by molar-refractivity contribution is 6.08. The number of hydrogen-bond acceptors (Lipinski definition) is 3. The molecule has 0 aliphatic heterocycles. The van der Waals surface area contributed by atoms with Crippen molar-refractivity contribution in [3.63, 3.8) is 0 Å². The number of imidazole rings is 1. The molecule has 35 heavy (non-hydrogen) atoms. The first-order valence-electron chi connectivity index (χ1n) is 15.9. The van der Waals surface area contributed by atoms with Crippen molar-refractivity contribution < 1.29 is 18.1 Å². The van der Waals surface area contributed by atoms with Gasteiger partial charge in [-0.2, -0.15) is 0 Å². The second kappa shape index (κ2) is 7.67. The van der Waals surface area contributed by atoms with Gasteiger partial charge in [0.1, 0.15) is 11.9 Å². The normalized spacial score (nSPS) is 15.6. The summed E-state index contributed by atoms with van der Waals surface area (Å²) in [6.07, 6.45) is 1.49. The van der Waals surface area contributed by atoms with Crippen LogP contribution in [-0.4, -0.2) is 14.5 Å². The van der Waals surface area contributed by atoms with E-state index in [2.05, 4.69) is 9.97 Å². The largest absolute Gasteiger partial charge is 0.438 e. The standard InChI is InChI=1S/C31H21N3O/c1-20-15-16-25-26-17-28-27(18-29(26)35-31(25)33-20)32-19-34(28)30-23(21-9-4-2-5-10-21)13-8-14-24(30)22-11-6-3-7-12-22/h2-19H,1H3/i2D,3D,4D,5D,6D,7D,9D,10D,11D,12D. The fourth-order valence-electron chi connectivity index (χ4n) is 4.40. The monoisotopic (exact) mass is 461 g/mol. The summed E-state index contributed by atoms with van der Waals surface area (Å²) in [6.45, 7) is 1.86. The van der Waals surface area contributed by atoms with Gasteiger partial charge in [0.15, 0.2) is 0 Å². The molecule has 0 amide bonds. The number of hydrogen-bond donors (Lipinski definition) is 0. The zero-order valence-corrected chi connectivity index (χ0v) is 18.4. The number of rotatable bonds is 3. The first kappa shape index (κ1) is 12.1. The van der Waals surface area contributed by atoms with E-state index in [1.54, 1.807) is 28.8 Å². The predicted molar refractivity (Wildman–Crippen MR) is 142 cm³/mol. The molecule has 0 unspecified atom stereocenters. The first-order chi connectivity index (χ1) is 21.4. The summed E-state index contributed by atoms with van der Waals surface area (Å²) in [5, 5.41) is 1.49. The topological polar surface area (TPSA) is 43.9 Å². The maximum atomic E-state index is 8.73. The molecule has 0 bridgehead atoms. The van der Waals surface area contributed by atoms with Gasteiger partial charge in [0.2, 0.25) is 5.71 Å². The fraction of sp³-hybridized carbons (Fsp3) is 0.0323. The summed E-state index contributed by atoms with van der Waals surface area (Å²) in [4.78, 5) is 9.06. The number of benzene rings is 4. The average molecular weight is 462 g/mol. The molecular weight excluding hydrogens is 430 g/mol. The summed E-state index contributed by atoms with van der Waals surface area (Å²) < 4.78 is 92.1. The second-order valence-electron chi connectivity index (χ2n) is 8.06. The Labute approximate surface area is 216 Å². The van der Waals surface area contributed by atoms with E-state index in [0.717, 1.165) is 16.5 Å². The van der Waals surface area contributed by atoms with E-state index in [1.807, 2.05) is 25.1 Å². The summed E-state index contributed by atoms with van der Waals surface area (Å²) in [7, 11) is 0. The van der Waals surface area contributed by atoms with Gasteiger partial charge in [0.25, 0.3) is 0 Å². The maximum absolute atomic E-state index is 8.73. The molecular formula is C31H21N3O. The lowest BCUT2D eigenvalue weighted by atomic mass is 9.95. The van der Waals surface area contributed by atoms with Gasteiger partial charge >= 0.3 is 0 Å². The molecule has 4 heteroatoms. The van der Waals surface area contributed by atoms with E-state index >= 15 is 0 Å². The number of aryl methyl sites for hydroxylation is 1. The summed E-state index contributed by atoms with van der Waals surface area (Å²) >= 11 is 0. The lowest BCUT2D eigenvalue weighted by Gasteiger charge is -2.17. The summed E-state index contributed by atoms with van der Waals surface area (Å²) in [5.74, 6) is 0. The van der Waals surface area contributed by atoms with Gasteiger partial charge in [-0.3, -0.25) is 4.57 Å². The predicted octanol–water partition coefficient (Wildman–Crippen LogP) is 7.96. The van der Waals surface area contributed by atoms with Gasteiger partial charge < -0.3 is 4.42 Å². The second-order valence-corrected chi connectivity index (χ2v) is 8.06. The molecule has 0 saturated heterocycles. The van der Waals surface area contributed by atoms with Crippen molar-refractivity contribution in [2.24, 2.45) is 0 Å².